The van der Waals surface area contributed by atoms with E-state index >= 15 is 0 Å². The van der Waals surface area contributed by atoms with Crippen LogP contribution in [0.25, 0.3) is 17.0 Å². The molecule has 0 N–H and O–H groups in total. The van der Waals surface area contributed by atoms with Gasteiger partial charge in [0.25, 0.3) is 5.91 Å². The molecule has 3 aromatic rings. The Kier molecular flexibility index (Phi) is 4.55. The first-order chi connectivity index (χ1) is 13.1. The van der Waals surface area contributed by atoms with E-state index in [4.69, 9.17) is 21.4 Å². The van der Waals surface area contributed by atoms with Gasteiger partial charge in [-0.05, 0) is 42.5 Å². The minimum atomic E-state index is -0.497. The lowest BCUT2D eigenvalue weighted by Crippen LogP contribution is -2.27. The summed E-state index contributed by atoms with van der Waals surface area (Å²) in [6.45, 7) is 0. The van der Waals surface area contributed by atoms with Crippen molar-refractivity contribution in [1.82, 2.24) is 0 Å². The maximum absolute atomic E-state index is 12.8. The third kappa shape index (κ3) is 3.27. The number of para-hydroxylation sites is 1. The van der Waals surface area contributed by atoms with Crippen molar-refractivity contribution < 1.29 is 13.9 Å². The lowest BCUT2D eigenvalue weighted by molar-refractivity contribution is -0.113. The Hall–Kier alpha value is -2.90. The smallest absolute Gasteiger partial charge is 0.343 e. The summed E-state index contributed by atoms with van der Waals surface area (Å²) in [5.74, 6) is 0.413. The van der Waals surface area contributed by atoms with Crippen molar-refractivity contribution in [2.75, 3.05) is 12.0 Å². The summed E-state index contributed by atoms with van der Waals surface area (Å²) in [5, 5.41) is 0.786. The molecule has 1 amide bonds. The fraction of sp³-hybridized carbons (Fsp3) is 0.0500. The second-order valence-electron chi connectivity index (χ2n) is 5.74. The van der Waals surface area contributed by atoms with Crippen LogP contribution >= 0.6 is 24.0 Å². The summed E-state index contributed by atoms with van der Waals surface area (Å²) in [4.78, 5) is 26.9. The van der Waals surface area contributed by atoms with Gasteiger partial charge in [0.1, 0.15) is 11.3 Å². The van der Waals surface area contributed by atoms with Crippen LogP contribution in [0.4, 0.5) is 5.69 Å². The van der Waals surface area contributed by atoms with E-state index in [0.717, 1.165) is 17.1 Å². The molecule has 0 bridgehead atoms. The van der Waals surface area contributed by atoms with Gasteiger partial charge in [-0.3, -0.25) is 9.69 Å². The molecule has 2 heterocycles. The van der Waals surface area contributed by atoms with Gasteiger partial charge in [0, 0.05) is 5.39 Å². The number of thiocarbonyl (C=S) groups is 1. The zero-order chi connectivity index (χ0) is 19.0. The number of anilines is 1. The molecule has 0 atom stereocenters. The Morgan fingerprint density at radius 1 is 1.11 bits per heavy atom. The minimum absolute atomic E-state index is 0.275. The summed E-state index contributed by atoms with van der Waals surface area (Å²) < 4.78 is 10.9. The van der Waals surface area contributed by atoms with Gasteiger partial charge in [-0.25, -0.2) is 4.79 Å². The van der Waals surface area contributed by atoms with Crippen LogP contribution in [-0.4, -0.2) is 17.3 Å². The Balaban J connectivity index is 1.70. The van der Waals surface area contributed by atoms with E-state index in [1.165, 1.54) is 11.0 Å². The third-order valence-corrected chi connectivity index (χ3v) is 5.38. The van der Waals surface area contributed by atoms with E-state index in [0.29, 0.717) is 31.8 Å². The molecule has 7 heteroatoms. The number of amides is 1. The molecular weight excluding hydrogens is 382 g/mol. The zero-order valence-electron chi connectivity index (χ0n) is 14.2. The Labute approximate surface area is 164 Å². The Morgan fingerprint density at radius 2 is 1.85 bits per heavy atom. The maximum Gasteiger partial charge on any atom is 0.343 e. The molecular formula is C20H13NO4S2. The maximum atomic E-state index is 12.8. The highest BCUT2D eigenvalue weighted by Gasteiger charge is 2.33. The van der Waals surface area contributed by atoms with E-state index in [-0.39, 0.29) is 5.91 Å². The van der Waals surface area contributed by atoms with Crippen LogP contribution in [0, 0.1) is 0 Å². The highest BCUT2D eigenvalue weighted by Crippen LogP contribution is 2.36. The van der Waals surface area contributed by atoms with Gasteiger partial charge in [0.2, 0.25) is 0 Å². The first kappa shape index (κ1) is 17.5. The summed E-state index contributed by atoms with van der Waals surface area (Å²) >= 11 is 6.51. The monoisotopic (exact) mass is 395 g/mol. The quantitative estimate of drug-likeness (QED) is 0.376. The van der Waals surface area contributed by atoms with Crippen LogP contribution in [-0.2, 0) is 4.79 Å². The normalized spacial score (nSPS) is 15.7. The van der Waals surface area contributed by atoms with Gasteiger partial charge in [-0.2, -0.15) is 0 Å². The number of hydrogen-bond acceptors (Lipinski definition) is 6. The van der Waals surface area contributed by atoms with Crippen molar-refractivity contribution in [3.05, 3.63) is 75.5 Å². The molecule has 0 unspecified atom stereocenters. The fourth-order valence-corrected chi connectivity index (χ4v) is 4.03. The fourth-order valence-electron chi connectivity index (χ4n) is 2.74. The average molecular weight is 395 g/mol. The molecule has 134 valence electrons. The van der Waals surface area contributed by atoms with Crippen molar-refractivity contribution in [3.63, 3.8) is 0 Å². The highest BCUT2D eigenvalue weighted by atomic mass is 32.2. The Bertz CT molecular complexity index is 1150. The highest BCUT2D eigenvalue weighted by molar-refractivity contribution is 8.27. The van der Waals surface area contributed by atoms with Crippen LogP contribution in [0.3, 0.4) is 0 Å². The Morgan fingerprint density at radius 3 is 2.59 bits per heavy atom. The largest absolute Gasteiger partial charge is 0.497 e. The van der Waals surface area contributed by atoms with E-state index in [1.54, 1.807) is 49.6 Å². The first-order valence-electron chi connectivity index (χ1n) is 8.02. The number of hydrogen-bond donors (Lipinski definition) is 0. The summed E-state index contributed by atoms with van der Waals surface area (Å²) in [6.07, 6.45) is 1.53. The van der Waals surface area contributed by atoms with Crippen LogP contribution in [0.15, 0.2) is 68.7 Å². The molecule has 1 fully saturated rings. The number of carbonyl (C=O) groups excluding carboxylic acids is 1. The number of benzene rings is 2. The number of ether oxygens (including phenoxy) is 1. The predicted molar refractivity (Wildman–Crippen MR) is 111 cm³/mol. The third-order valence-electron chi connectivity index (χ3n) is 4.08. The second-order valence-corrected chi connectivity index (χ2v) is 7.42. The van der Waals surface area contributed by atoms with Gasteiger partial charge >= 0.3 is 5.63 Å². The molecule has 1 aliphatic rings. The van der Waals surface area contributed by atoms with E-state index in [9.17, 15) is 9.59 Å². The molecule has 27 heavy (non-hydrogen) atoms. The summed E-state index contributed by atoms with van der Waals surface area (Å²) in [7, 11) is 1.58. The number of thioether (sulfide) groups is 1. The number of methoxy groups -OCH3 is 1. The molecule has 5 nitrogen and oxygen atoms in total. The van der Waals surface area contributed by atoms with Crippen LogP contribution < -0.4 is 15.3 Å². The topological polar surface area (TPSA) is 59.8 Å². The summed E-state index contributed by atoms with van der Waals surface area (Å²) in [6, 6.07) is 16.0. The molecule has 0 saturated carbocycles. The van der Waals surface area contributed by atoms with Gasteiger partial charge in [0.15, 0.2) is 4.32 Å². The van der Waals surface area contributed by atoms with Crippen LogP contribution in [0.5, 0.6) is 5.75 Å². The average Bonchev–Trinajstić information content (AvgIpc) is 2.96. The minimum Gasteiger partial charge on any atom is -0.497 e. The van der Waals surface area contributed by atoms with Crippen molar-refractivity contribution in [2.45, 2.75) is 0 Å². The molecule has 0 radical (unpaired) electrons. The number of nitrogens with zero attached hydrogens (tertiary/aromatic N) is 1. The lowest BCUT2D eigenvalue weighted by atomic mass is 10.1. The van der Waals surface area contributed by atoms with Crippen molar-refractivity contribution in [3.8, 4) is 5.75 Å². The van der Waals surface area contributed by atoms with Gasteiger partial charge in [-0.15, -0.1) is 0 Å². The molecule has 0 spiro atoms. The molecule has 1 aliphatic heterocycles. The van der Waals surface area contributed by atoms with Gasteiger partial charge < -0.3 is 9.15 Å². The first-order valence-corrected chi connectivity index (χ1v) is 9.24. The van der Waals surface area contributed by atoms with Crippen LogP contribution in [0.1, 0.15) is 5.56 Å². The van der Waals surface area contributed by atoms with Gasteiger partial charge in [-0.1, -0.05) is 42.2 Å². The number of carbonyl (C=O) groups is 1. The van der Waals surface area contributed by atoms with Crippen molar-refractivity contribution in [1.29, 1.82) is 0 Å². The SMILES string of the molecule is COc1ccc(N2C(=O)/C(=C/c3cc4ccccc4oc3=O)SC2=S)cc1. The molecule has 2 aromatic carbocycles. The zero-order valence-corrected chi connectivity index (χ0v) is 15.8. The molecule has 1 saturated heterocycles. The van der Waals surface area contributed by atoms with E-state index < -0.39 is 5.63 Å². The predicted octanol–water partition coefficient (Wildman–Crippen LogP) is 4.21. The standard InChI is InChI=1S/C20H13NO4S2/c1-24-15-8-6-14(7-9-15)21-18(22)17(27-20(21)26)11-13-10-12-4-2-3-5-16(12)25-19(13)23/h2-11H,1H3/b17-11-. The summed E-state index contributed by atoms with van der Waals surface area (Å²) in [5.41, 5.74) is 0.963. The van der Waals surface area contributed by atoms with Crippen molar-refractivity contribution >= 4 is 56.9 Å². The lowest BCUT2D eigenvalue weighted by Gasteiger charge is -2.14. The number of fused-ring (bicyclic) bond motifs is 1. The second kappa shape index (κ2) is 7.02. The van der Waals surface area contributed by atoms with Crippen LogP contribution in [0.2, 0.25) is 0 Å². The van der Waals surface area contributed by atoms with E-state index in [2.05, 4.69) is 0 Å². The molecule has 1 aromatic heterocycles. The number of rotatable bonds is 3. The van der Waals surface area contributed by atoms with Crippen molar-refractivity contribution in [2.24, 2.45) is 0 Å². The molecule has 4 rings (SSSR count). The van der Waals surface area contributed by atoms with E-state index in [1.807, 2.05) is 12.1 Å². The molecule has 0 aliphatic carbocycles. The van der Waals surface area contributed by atoms with Gasteiger partial charge in [0.05, 0.1) is 23.3 Å².